The van der Waals surface area contributed by atoms with E-state index in [-0.39, 0.29) is 18.0 Å². The van der Waals surface area contributed by atoms with Gasteiger partial charge in [0.05, 0.1) is 25.3 Å². The maximum absolute atomic E-state index is 12.1. The van der Waals surface area contributed by atoms with Crippen LogP contribution in [0.1, 0.15) is 36.4 Å². The molecule has 1 saturated heterocycles. The van der Waals surface area contributed by atoms with Gasteiger partial charge in [0.1, 0.15) is 6.10 Å². The lowest BCUT2D eigenvalue weighted by molar-refractivity contribution is -0.151. The van der Waals surface area contributed by atoms with E-state index in [1.165, 1.54) is 0 Å². The summed E-state index contributed by atoms with van der Waals surface area (Å²) in [5.74, 6) is -0.263. The molecular formula is C12H16N2O3. The Morgan fingerprint density at radius 3 is 3.29 bits per heavy atom. The van der Waals surface area contributed by atoms with Gasteiger partial charge in [0.25, 0.3) is 0 Å². The zero-order chi connectivity index (χ0) is 11.7. The monoisotopic (exact) mass is 236 g/mol. The van der Waals surface area contributed by atoms with E-state index >= 15 is 0 Å². The van der Waals surface area contributed by atoms with Crippen LogP contribution in [0.5, 0.6) is 0 Å². The zero-order valence-electron chi connectivity index (χ0n) is 9.65. The highest BCUT2D eigenvalue weighted by Gasteiger charge is 2.31. The first kappa shape index (κ1) is 10.8. The first-order chi connectivity index (χ1) is 8.34. The van der Waals surface area contributed by atoms with Crippen LogP contribution in [0, 0.1) is 0 Å². The molecule has 0 unspecified atom stereocenters. The van der Waals surface area contributed by atoms with Crippen LogP contribution < -0.4 is 0 Å². The van der Waals surface area contributed by atoms with Gasteiger partial charge in [-0.15, -0.1) is 0 Å². The highest BCUT2D eigenvalue weighted by Crippen LogP contribution is 2.31. The SMILES string of the molecule is O=C(O[C@@H]1CCOC1)[C@H]1CCCc2[nH]ncc21. The summed E-state index contributed by atoms with van der Waals surface area (Å²) in [6.45, 7) is 1.23. The molecule has 1 fully saturated rings. The van der Waals surface area contributed by atoms with Crippen molar-refractivity contribution in [3.63, 3.8) is 0 Å². The molecule has 2 atom stereocenters. The Morgan fingerprint density at radius 2 is 2.47 bits per heavy atom. The van der Waals surface area contributed by atoms with Gasteiger partial charge in [0.15, 0.2) is 0 Å². The van der Waals surface area contributed by atoms with E-state index in [1.54, 1.807) is 6.20 Å². The fourth-order valence-corrected chi connectivity index (χ4v) is 2.56. The van der Waals surface area contributed by atoms with Gasteiger partial charge in [-0.3, -0.25) is 9.89 Å². The number of fused-ring (bicyclic) bond motifs is 1. The van der Waals surface area contributed by atoms with Gasteiger partial charge in [-0.2, -0.15) is 5.10 Å². The summed E-state index contributed by atoms with van der Waals surface area (Å²) in [7, 11) is 0. The molecule has 2 heterocycles. The number of hydrogen-bond acceptors (Lipinski definition) is 4. The molecule has 3 rings (SSSR count). The van der Waals surface area contributed by atoms with Crippen LogP contribution >= 0.6 is 0 Å². The van der Waals surface area contributed by atoms with Crippen molar-refractivity contribution < 1.29 is 14.3 Å². The van der Waals surface area contributed by atoms with Gasteiger partial charge in [-0.05, 0) is 19.3 Å². The van der Waals surface area contributed by atoms with Crippen molar-refractivity contribution in [2.24, 2.45) is 0 Å². The summed E-state index contributed by atoms with van der Waals surface area (Å²) in [5.41, 5.74) is 2.10. The maximum atomic E-state index is 12.1. The smallest absolute Gasteiger partial charge is 0.313 e. The number of hydrogen-bond donors (Lipinski definition) is 1. The average molecular weight is 236 g/mol. The molecule has 0 saturated carbocycles. The molecule has 0 spiro atoms. The Balaban J connectivity index is 1.70. The molecule has 1 aromatic rings. The van der Waals surface area contributed by atoms with E-state index < -0.39 is 0 Å². The molecule has 17 heavy (non-hydrogen) atoms. The van der Waals surface area contributed by atoms with Gasteiger partial charge in [0.2, 0.25) is 0 Å². The highest BCUT2D eigenvalue weighted by atomic mass is 16.6. The van der Waals surface area contributed by atoms with Crippen molar-refractivity contribution in [2.75, 3.05) is 13.2 Å². The van der Waals surface area contributed by atoms with Crippen molar-refractivity contribution in [1.29, 1.82) is 0 Å². The second kappa shape index (κ2) is 4.49. The molecule has 0 amide bonds. The number of carbonyl (C=O) groups is 1. The molecule has 0 radical (unpaired) electrons. The first-order valence-electron chi connectivity index (χ1n) is 6.15. The van der Waals surface area contributed by atoms with Crippen molar-refractivity contribution >= 4 is 5.97 Å². The lowest BCUT2D eigenvalue weighted by Gasteiger charge is -2.21. The Labute approximate surface area is 99.5 Å². The van der Waals surface area contributed by atoms with E-state index in [0.29, 0.717) is 13.2 Å². The van der Waals surface area contributed by atoms with Crippen LogP contribution in [0.15, 0.2) is 6.20 Å². The van der Waals surface area contributed by atoms with Crippen LogP contribution in [-0.2, 0) is 20.7 Å². The number of carbonyl (C=O) groups excluding carboxylic acids is 1. The van der Waals surface area contributed by atoms with Crippen molar-refractivity contribution in [3.8, 4) is 0 Å². The van der Waals surface area contributed by atoms with Gasteiger partial charge in [-0.1, -0.05) is 0 Å². The first-order valence-corrected chi connectivity index (χ1v) is 6.15. The molecule has 5 nitrogen and oxygen atoms in total. The van der Waals surface area contributed by atoms with Crippen LogP contribution in [-0.4, -0.2) is 35.5 Å². The van der Waals surface area contributed by atoms with E-state index in [1.807, 2.05) is 0 Å². The number of esters is 1. The quantitative estimate of drug-likeness (QED) is 0.783. The summed E-state index contributed by atoms with van der Waals surface area (Å²) in [6, 6.07) is 0. The molecule has 1 N–H and O–H groups in total. The molecule has 92 valence electrons. The fraction of sp³-hybridized carbons (Fsp3) is 0.667. The molecule has 2 aliphatic rings. The van der Waals surface area contributed by atoms with Crippen LogP contribution in [0.2, 0.25) is 0 Å². The summed E-state index contributed by atoms with van der Waals surface area (Å²) < 4.78 is 10.7. The van der Waals surface area contributed by atoms with Crippen molar-refractivity contribution in [1.82, 2.24) is 10.2 Å². The Kier molecular flexibility index (Phi) is 2.84. The van der Waals surface area contributed by atoms with E-state index in [2.05, 4.69) is 10.2 Å². The van der Waals surface area contributed by atoms with Crippen LogP contribution in [0.25, 0.3) is 0 Å². The Bertz CT molecular complexity index is 410. The average Bonchev–Trinajstić information content (AvgIpc) is 2.97. The topological polar surface area (TPSA) is 64.2 Å². The van der Waals surface area contributed by atoms with Crippen LogP contribution in [0.4, 0.5) is 0 Å². The second-order valence-corrected chi connectivity index (χ2v) is 4.67. The van der Waals surface area contributed by atoms with E-state index in [9.17, 15) is 4.79 Å². The lowest BCUT2D eigenvalue weighted by atomic mass is 9.87. The Hall–Kier alpha value is -1.36. The third-order valence-corrected chi connectivity index (χ3v) is 3.50. The number of ether oxygens (including phenoxy) is 2. The number of nitrogens with one attached hydrogen (secondary N) is 1. The third-order valence-electron chi connectivity index (χ3n) is 3.50. The molecule has 1 aromatic heterocycles. The van der Waals surface area contributed by atoms with Gasteiger partial charge < -0.3 is 9.47 Å². The van der Waals surface area contributed by atoms with Gasteiger partial charge in [-0.25, -0.2) is 0 Å². The van der Waals surface area contributed by atoms with Gasteiger partial charge >= 0.3 is 5.97 Å². The second-order valence-electron chi connectivity index (χ2n) is 4.67. The number of nitrogens with zero attached hydrogens (tertiary/aromatic N) is 1. The number of aromatic amines is 1. The summed E-state index contributed by atoms with van der Waals surface area (Å²) in [6.07, 6.45) is 5.36. The standard InChI is InChI=1S/C12H16N2O3/c15-12(17-8-4-5-16-7-8)9-2-1-3-11-10(9)6-13-14-11/h6,8-9H,1-5,7H2,(H,13,14)/t8-,9+/m1/s1. The third kappa shape index (κ3) is 2.07. The largest absolute Gasteiger partial charge is 0.459 e. The highest BCUT2D eigenvalue weighted by molar-refractivity contribution is 5.79. The van der Waals surface area contributed by atoms with Crippen molar-refractivity contribution in [2.45, 2.75) is 37.7 Å². The minimum Gasteiger partial charge on any atom is -0.459 e. The summed E-state index contributed by atoms with van der Waals surface area (Å²) in [5, 5.41) is 6.96. The van der Waals surface area contributed by atoms with Gasteiger partial charge in [0, 0.05) is 17.7 Å². The summed E-state index contributed by atoms with van der Waals surface area (Å²) >= 11 is 0. The molecular weight excluding hydrogens is 220 g/mol. The molecule has 5 heteroatoms. The molecule has 0 bridgehead atoms. The summed E-state index contributed by atoms with van der Waals surface area (Å²) in [4.78, 5) is 12.1. The number of aromatic nitrogens is 2. The van der Waals surface area contributed by atoms with Crippen LogP contribution in [0.3, 0.4) is 0 Å². The number of aryl methyl sites for hydroxylation is 1. The number of H-pyrrole nitrogens is 1. The molecule has 1 aliphatic carbocycles. The van der Waals surface area contributed by atoms with E-state index in [0.717, 1.165) is 36.9 Å². The van der Waals surface area contributed by atoms with E-state index in [4.69, 9.17) is 9.47 Å². The zero-order valence-corrected chi connectivity index (χ0v) is 9.65. The fourth-order valence-electron chi connectivity index (χ4n) is 2.56. The predicted molar refractivity (Wildman–Crippen MR) is 59.6 cm³/mol. The maximum Gasteiger partial charge on any atom is 0.313 e. The minimum atomic E-state index is -0.141. The lowest BCUT2D eigenvalue weighted by Crippen LogP contribution is -2.25. The predicted octanol–water partition coefficient (Wildman–Crippen LogP) is 1.16. The van der Waals surface area contributed by atoms with Crippen molar-refractivity contribution in [3.05, 3.63) is 17.5 Å². The number of rotatable bonds is 2. The molecule has 1 aliphatic heterocycles. The minimum absolute atomic E-state index is 0.0558. The Morgan fingerprint density at radius 1 is 1.53 bits per heavy atom. The normalized spacial score (nSPS) is 27.8. The molecule has 0 aromatic carbocycles.